The van der Waals surface area contributed by atoms with E-state index in [2.05, 4.69) is 4.98 Å². The van der Waals surface area contributed by atoms with Gasteiger partial charge < -0.3 is 0 Å². The van der Waals surface area contributed by atoms with Gasteiger partial charge in [-0.1, -0.05) is 23.2 Å². The molecule has 2 aromatic rings. The van der Waals surface area contributed by atoms with Crippen molar-refractivity contribution in [2.45, 2.75) is 6.42 Å². The van der Waals surface area contributed by atoms with Crippen molar-refractivity contribution in [2.24, 2.45) is 0 Å². The molecule has 1 heterocycles. The lowest BCUT2D eigenvalue weighted by Crippen LogP contribution is -1.93. The predicted octanol–water partition coefficient (Wildman–Crippen LogP) is 4.26. The molecule has 0 unspecified atom stereocenters. The first-order valence-corrected chi connectivity index (χ1v) is 5.84. The molecule has 0 saturated carbocycles. The van der Waals surface area contributed by atoms with Crippen molar-refractivity contribution < 1.29 is 4.39 Å². The fraction of sp³-hybridized carbons (Fsp3) is 0.0769. The summed E-state index contributed by atoms with van der Waals surface area (Å²) in [6.07, 6.45) is 1.07. The summed E-state index contributed by atoms with van der Waals surface area (Å²) < 4.78 is 13.4. The molecule has 0 fully saturated rings. The smallest absolute Gasteiger partial charge is 0.145 e. The van der Waals surface area contributed by atoms with Crippen LogP contribution in [-0.2, 0) is 6.42 Å². The maximum absolute atomic E-state index is 13.4. The molecule has 0 radical (unpaired) electrons. The van der Waals surface area contributed by atoms with Crippen LogP contribution in [-0.4, -0.2) is 4.98 Å². The molecule has 2 rings (SSSR count). The first-order valence-electron chi connectivity index (χ1n) is 5.08. The predicted molar refractivity (Wildman–Crippen MR) is 69.0 cm³/mol. The van der Waals surface area contributed by atoms with Crippen molar-refractivity contribution in [2.75, 3.05) is 0 Å². The maximum Gasteiger partial charge on any atom is 0.145 e. The highest BCUT2D eigenvalue weighted by atomic mass is 35.5. The van der Waals surface area contributed by atoms with Gasteiger partial charge in [0.2, 0.25) is 0 Å². The van der Waals surface area contributed by atoms with Gasteiger partial charge >= 0.3 is 0 Å². The van der Waals surface area contributed by atoms with Crippen LogP contribution < -0.4 is 0 Å². The van der Waals surface area contributed by atoms with Crippen molar-refractivity contribution in [1.82, 2.24) is 4.98 Å². The van der Waals surface area contributed by atoms with E-state index < -0.39 is 5.82 Å². The first kappa shape index (κ1) is 12.8. The Morgan fingerprint density at radius 1 is 1.28 bits per heavy atom. The number of aromatic nitrogens is 1. The van der Waals surface area contributed by atoms with E-state index in [1.165, 1.54) is 6.07 Å². The van der Waals surface area contributed by atoms with Crippen molar-refractivity contribution in [1.29, 1.82) is 5.26 Å². The van der Waals surface area contributed by atoms with Crippen LogP contribution >= 0.6 is 23.2 Å². The molecular weight excluding hydrogens is 274 g/mol. The van der Waals surface area contributed by atoms with Crippen molar-refractivity contribution in [3.63, 3.8) is 0 Å². The summed E-state index contributed by atoms with van der Waals surface area (Å²) in [6.45, 7) is 0. The van der Waals surface area contributed by atoms with Gasteiger partial charge in [-0.2, -0.15) is 5.26 Å². The van der Waals surface area contributed by atoms with E-state index in [-0.39, 0.29) is 6.42 Å². The third kappa shape index (κ3) is 2.61. The van der Waals surface area contributed by atoms with E-state index in [4.69, 9.17) is 28.5 Å². The lowest BCUT2D eigenvalue weighted by atomic mass is 10.1. The first-order chi connectivity index (χ1) is 8.61. The summed E-state index contributed by atoms with van der Waals surface area (Å²) in [4.78, 5) is 3.97. The molecule has 0 aliphatic heterocycles. The van der Waals surface area contributed by atoms with Crippen LogP contribution in [0.3, 0.4) is 0 Å². The van der Waals surface area contributed by atoms with Crippen molar-refractivity contribution in [3.05, 3.63) is 51.9 Å². The van der Waals surface area contributed by atoms with Crippen molar-refractivity contribution >= 4 is 23.2 Å². The van der Waals surface area contributed by atoms with E-state index in [1.54, 1.807) is 18.2 Å². The van der Waals surface area contributed by atoms with Crippen LogP contribution in [0.25, 0.3) is 11.3 Å². The van der Waals surface area contributed by atoms with Gasteiger partial charge in [-0.25, -0.2) is 4.39 Å². The molecule has 1 aromatic heterocycles. The monoisotopic (exact) mass is 280 g/mol. The third-order valence-corrected chi connectivity index (χ3v) is 2.97. The van der Waals surface area contributed by atoms with Crippen LogP contribution in [0.4, 0.5) is 4.39 Å². The fourth-order valence-electron chi connectivity index (χ4n) is 1.54. The molecule has 0 aliphatic rings. The Balaban J connectivity index is 2.54. The van der Waals surface area contributed by atoms with Crippen LogP contribution in [0.15, 0.2) is 30.5 Å². The SMILES string of the molecule is N#CCc1cc(-c2cc(Cl)ccc2Cl)ncc1F. The highest BCUT2D eigenvalue weighted by Crippen LogP contribution is 2.30. The number of halogens is 3. The molecule has 0 spiro atoms. The number of hydrogen-bond donors (Lipinski definition) is 0. The fourth-order valence-corrected chi connectivity index (χ4v) is 1.93. The average Bonchev–Trinajstić information content (AvgIpc) is 2.35. The minimum Gasteiger partial charge on any atom is -0.253 e. The summed E-state index contributed by atoms with van der Waals surface area (Å²) in [6, 6.07) is 8.37. The van der Waals surface area contributed by atoms with Gasteiger partial charge in [0.1, 0.15) is 5.82 Å². The van der Waals surface area contributed by atoms with E-state index in [1.807, 2.05) is 6.07 Å². The number of benzene rings is 1. The zero-order chi connectivity index (χ0) is 13.1. The van der Waals surface area contributed by atoms with Crippen LogP contribution in [0, 0.1) is 17.1 Å². The van der Waals surface area contributed by atoms with E-state index in [0.717, 1.165) is 6.20 Å². The van der Waals surface area contributed by atoms with Gasteiger partial charge in [0.05, 0.1) is 29.4 Å². The Kier molecular flexibility index (Phi) is 3.81. The van der Waals surface area contributed by atoms with E-state index >= 15 is 0 Å². The van der Waals surface area contributed by atoms with Crippen molar-refractivity contribution in [3.8, 4) is 17.3 Å². The molecule has 0 aliphatic carbocycles. The molecule has 0 atom stereocenters. The lowest BCUT2D eigenvalue weighted by molar-refractivity contribution is 0.609. The van der Waals surface area contributed by atoms with Gasteiger partial charge in [-0.3, -0.25) is 4.98 Å². The minimum atomic E-state index is -0.501. The molecule has 0 N–H and O–H groups in total. The molecule has 18 heavy (non-hydrogen) atoms. The molecular formula is C13H7Cl2FN2. The Labute approximate surface area is 114 Å². The maximum atomic E-state index is 13.4. The Morgan fingerprint density at radius 2 is 2.06 bits per heavy atom. The topological polar surface area (TPSA) is 36.7 Å². The zero-order valence-electron chi connectivity index (χ0n) is 9.12. The van der Waals surface area contributed by atoms with Crippen LogP contribution in [0.5, 0.6) is 0 Å². The number of pyridine rings is 1. The number of nitrogens with zero attached hydrogens (tertiary/aromatic N) is 2. The number of hydrogen-bond acceptors (Lipinski definition) is 2. The highest BCUT2D eigenvalue weighted by Gasteiger charge is 2.09. The molecule has 2 nitrogen and oxygen atoms in total. The standard InChI is InChI=1S/C13H7Cl2FN2/c14-9-1-2-11(15)10(6-9)13-5-8(3-4-17)12(16)7-18-13/h1-2,5-7H,3H2. The molecule has 0 amide bonds. The Morgan fingerprint density at radius 3 is 2.78 bits per heavy atom. The van der Waals surface area contributed by atoms with E-state index in [0.29, 0.717) is 26.9 Å². The largest absolute Gasteiger partial charge is 0.253 e. The summed E-state index contributed by atoms with van der Waals surface area (Å²) in [7, 11) is 0. The second-order valence-corrected chi connectivity index (χ2v) is 4.46. The minimum absolute atomic E-state index is 0.0143. The molecule has 1 aromatic carbocycles. The van der Waals surface area contributed by atoms with Gasteiger partial charge in [-0.15, -0.1) is 0 Å². The van der Waals surface area contributed by atoms with Gasteiger partial charge in [0.25, 0.3) is 0 Å². The second kappa shape index (κ2) is 5.34. The summed E-state index contributed by atoms with van der Waals surface area (Å²) >= 11 is 11.9. The Hall–Kier alpha value is -1.63. The number of rotatable bonds is 2. The van der Waals surface area contributed by atoms with Gasteiger partial charge in [-0.05, 0) is 24.3 Å². The Bertz CT molecular complexity index is 635. The number of nitriles is 1. The molecule has 90 valence electrons. The molecule has 0 saturated heterocycles. The highest BCUT2D eigenvalue weighted by molar-refractivity contribution is 6.35. The average molecular weight is 281 g/mol. The summed E-state index contributed by atoms with van der Waals surface area (Å²) in [5.74, 6) is -0.501. The molecule has 5 heteroatoms. The summed E-state index contributed by atoms with van der Waals surface area (Å²) in [5.41, 5.74) is 1.40. The van der Waals surface area contributed by atoms with Crippen LogP contribution in [0.2, 0.25) is 10.0 Å². The molecule has 0 bridgehead atoms. The van der Waals surface area contributed by atoms with E-state index in [9.17, 15) is 4.39 Å². The quantitative estimate of drug-likeness (QED) is 0.824. The second-order valence-electron chi connectivity index (χ2n) is 3.62. The zero-order valence-corrected chi connectivity index (χ0v) is 10.6. The lowest BCUT2D eigenvalue weighted by Gasteiger charge is -2.06. The van der Waals surface area contributed by atoms with Gasteiger partial charge in [0, 0.05) is 16.1 Å². The van der Waals surface area contributed by atoms with Crippen LogP contribution in [0.1, 0.15) is 5.56 Å². The van der Waals surface area contributed by atoms with Gasteiger partial charge in [0.15, 0.2) is 0 Å². The summed E-state index contributed by atoms with van der Waals surface area (Å²) in [5, 5.41) is 9.61. The third-order valence-electron chi connectivity index (χ3n) is 2.41. The normalized spacial score (nSPS) is 10.1.